The predicted octanol–water partition coefficient (Wildman–Crippen LogP) is 4.60. The fourth-order valence-corrected chi connectivity index (χ4v) is 10.1. The monoisotopic (exact) mass is 1040 g/mol. The zero-order valence-corrected chi connectivity index (χ0v) is 40.8. The Hall–Kier alpha value is -3.69. The summed E-state index contributed by atoms with van der Waals surface area (Å²) in [7, 11) is -17.9. The SMILES string of the molecule is C=C(C)C(=O)NCCCNC(=O)c1ccc(C(=C\C=C2/N(CCCS(=O)(=O)O)c3ccc(S(=O)(=O)O)cc3C2(C)C)/C=C/C2=[N+](CCCS(=O)(=O)O)c3ccc(S(=O)(=O)O)cc3C2(C)C)cc1.[KH]. The molecule has 0 saturated carbocycles. The Morgan fingerprint density at radius 2 is 1.26 bits per heavy atom. The summed E-state index contributed by atoms with van der Waals surface area (Å²) in [5.74, 6) is -1.78. The van der Waals surface area contributed by atoms with Crippen molar-refractivity contribution in [1.82, 2.24) is 10.6 Å². The molecule has 68 heavy (non-hydrogen) atoms. The Morgan fingerprint density at radius 1 is 0.721 bits per heavy atom. The summed E-state index contributed by atoms with van der Waals surface area (Å²) < 4.78 is 137. The van der Waals surface area contributed by atoms with Gasteiger partial charge < -0.3 is 15.5 Å². The Kier molecular flexibility index (Phi) is 18.5. The molecule has 2 heterocycles. The Morgan fingerprint density at radius 3 is 1.84 bits per heavy atom. The van der Waals surface area contributed by atoms with Crippen molar-refractivity contribution >= 4 is 126 Å². The molecule has 2 aliphatic heterocycles. The molecular formula is C45H56KN4O14S4+. The quantitative estimate of drug-likeness (QED) is 0.0225. The van der Waals surface area contributed by atoms with Crippen molar-refractivity contribution in [3.63, 3.8) is 0 Å². The van der Waals surface area contributed by atoms with Crippen LogP contribution < -0.4 is 15.5 Å². The number of nitrogens with one attached hydrogen (secondary N) is 2. The van der Waals surface area contributed by atoms with Crippen LogP contribution in [-0.2, 0) is 56.1 Å². The van der Waals surface area contributed by atoms with E-state index in [1.54, 1.807) is 65.0 Å². The van der Waals surface area contributed by atoms with E-state index in [2.05, 4.69) is 17.2 Å². The number of carbonyl (C=O) groups excluding carboxylic acids is 2. The topological polar surface area (TPSA) is 282 Å². The van der Waals surface area contributed by atoms with Crippen LogP contribution in [0.2, 0.25) is 0 Å². The minimum atomic E-state index is -4.61. The third-order valence-corrected chi connectivity index (χ3v) is 14.8. The van der Waals surface area contributed by atoms with E-state index in [1.807, 2.05) is 27.7 Å². The normalized spacial score (nSPS) is 16.4. The van der Waals surface area contributed by atoms with Crippen molar-refractivity contribution in [2.75, 3.05) is 42.6 Å². The molecule has 3 aromatic carbocycles. The third-order valence-electron chi connectivity index (χ3n) is 11.5. The summed E-state index contributed by atoms with van der Waals surface area (Å²) in [5.41, 5.74) is 3.14. The summed E-state index contributed by atoms with van der Waals surface area (Å²) in [6.45, 7) is 13.2. The number of nitrogens with zero attached hydrogens (tertiary/aromatic N) is 2. The number of rotatable bonds is 20. The Bertz CT molecular complexity index is 3070. The molecule has 0 radical (unpaired) electrons. The van der Waals surface area contributed by atoms with Gasteiger partial charge in [0, 0.05) is 71.7 Å². The number of anilines is 1. The second-order valence-corrected chi connectivity index (χ2v) is 23.2. The zero-order valence-electron chi connectivity index (χ0n) is 37.6. The third kappa shape index (κ3) is 14.2. The number of fused-ring (bicyclic) bond motifs is 2. The summed E-state index contributed by atoms with van der Waals surface area (Å²) in [5, 5.41) is 5.52. The van der Waals surface area contributed by atoms with Gasteiger partial charge in [0.15, 0.2) is 5.71 Å². The predicted molar refractivity (Wildman–Crippen MR) is 261 cm³/mol. The first kappa shape index (κ1) is 56.9. The van der Waals surface area contributed by atoms with Crippen LogP contribution in [0.25, 0.3) is 5.57 Å². The molecule has 0 atom stereocenters. The summed E-state index contributed by atoms with van der Waals surface area (Å²) in [6.07, 6.45) is 7.45. The van der Waals surface area contributed by atoms with Gasteiger partial charge in [0.05, 0.1) is 26.7 Å². The van der Waals surface area contributed by atoms with E-state index < -0.39 is 62.8 Å². The van der Waals surface area contributed by atoms with Gasteiger partial charge in [-0.3, -0.25) is 27.8 Å². The number of benzene rings is 3. The second-order valence-electron chi connectivity index (χ2n) is 17.3. The number of allylic oxidation sites excluding steroid dienone is 6. The van der Waals surface area contributed by atoms with Crippen LogP contribution in [0.1, 0.15) is 80.9 Å². The first-order valence-corrected chi connectivity index (χ1v) is 27.0. The van der Waals surface area contributed by atoms with Crippen molar-refractivity contribution in [2.24, 2.45) is 0 Å². The number of hydrogen-bond acceptors (Lipinski definition) is 11. The molecule has 0 aromatic heterocycles. The zero-order chi connectivity index (χ0) is 49.9. The summed E-state index contributed by atoms with van der Waals surface area (Å²) in [4.78, 5) is 26.0. The van der Waals surface area contributed by atoms with Crippen LogP contribution in [0.4, 0.5) is 11.4 Å². The second kappa shape index (κ2) is 22.2. The van der Waals surface area contributed by atoms with Crippen molar-refractivity contribution < 1.29 is 66.0 Å². The van der Waals surface area contributed by atoms with E-state index >= 15 is 0 Å². The molecule has 18 nitrogen and oxygen atoms in total. The van der Waals surface area contributed by atoms with Crippen LogP contribution in [0, 0.1) is 0 Å². The van der Waals surface area contributed by atoms with Gasteiger partial charge in [-0.2, -0.15) is 38.2 Å². The average Bonchev–Trinajstić information content (AvgIpc) is 3.56. The molecule has 23 heteroatoms. The van der Waals surface area contributed by atoms with Crippen molar-refractivity contribution in [1.29, 1.82) is 0 Å². The molecule has 364 valence electrons. The van der Waals surface area contributed by atoms with E-state index in [9.17, 15) is 61.5 Å². The Labute approximate surface area is 440 Å². The van der Waals surface area contributed by atoms with Crippen LogP contribution in [0.5, 0.6) is 0 Å². The van der Waals surface area contributed by atoms with E-state index in [0.717, 1.165) is 0 Å². The standard InChI is InChI=1S/C45H54N4O14S4.K.H/c1-30(2)42(50)46-22-7-23-47-43(51)33-12-10-31(11-13-33)32(14-20-40-44(3,4)36-28-34(66(58,59)60)16-18-38(36)48(40)24-8-26-64(52,53)54)15-21-41-45(5,6)37-29-35(67(61,62)63)17-19-39(37)49(41)25-9-27-65(55,56)57;;/h10-21,28-29H,1,7-9,22-27H2,2-6H3,(H5-,46,47,50,51,52,53,54,55,56,57,58,59,60,61,62,63);;/p+1. The van der Waals surface area contributed by atoms with Crippen LogP contribution >= 0.6 is 0 Å². The molecule has 3 aromatic rings. The van der Waals surface area contributed by atoms with Gasteiger partial charge in [-0.05, 0) is 105 Å². The van der Waals surface area contributed by atoms with Crippen molar-refractivity contribution in [2.45, 2.75) is 74.5 Å². The van der Waals surface area contributed by atoms with E-state index in [-0.39, 0.29) is 105 Å². The van der Waals surface area contributed by atoms with Gasteiger partial charge in [-0.1, -0.05) is 38.6 Å². The first-order chi connectivity index (χ1) is 30.9. The van der Waals surface area contributed by atoms with Crippen LogP contribution in [0.15, 0.2) is 113 Å². The number of carbonyl (C=O) groups is 2. The van der Waals surface area contributed by atoms with Gasteiger partial charge in [-0.25, -0.2) is 0 Å². The maximum absolute atomic E-state index is 13.2. The van der Waals surface area contributed by atoms with E-state index in [0.29, 0.717) is 69.1 Å². The summed E-state index contributed by atoms with van der Waals surface area (Å²) >= 11 is 0. The molecule has 0 fully saturated rings. The van der Waals surface area contributed by atoms with Gasteiger partial charge >= 0.3 is 51.4 Å². The minimum absolute atomic E-state index is 0. The van der Waals surface area contributed by atoms with Crippen molar-refractivity contribution in [3.05, 3.63) is 125 Å². The van der Waals surface area contributed by atoms with E-state index in [4.69, 9.17) is 0 Å². The average molecular weight is 1040 g/mol. The molecule has 0 saturated heterocycles. The molecule has 0 aliphatic carbocycles. The van der Waals surface area contributed by atoms with Gasteiger partial charge in [-0.15, -0.1) is 0 Å². The van der Waals surface area contributed by atoms with Crippen LogP contribution in [0.3, 0.4) is 0 Å². The number of amides is 2. The summed E-state index contributed by atoms with van der Waals surface area (Å²) in [6, 6.07) is 14.8. The fourth-order valence-electron chi connectivity index (χ4n) is 8.07. The first-order valence-electron chi connectivity index (χ1n) is 20.9. The molecular weight excluding hydrogens is 988 g/mol. The molecule has 0 bridgehead atoms. The maximum atomic E-state index is 13.2. The van der Waals surface area contributed by atoms with Gasteiger partial charge in [0.25, 0.3) is 46.4 Å². The molecule has 0 unspecified atom stereocenters. The Balaban J connectivity index is 0.0000101. The van der Waals surface area contributed by atoms with Crippen molar-refractivity contribution in [3.8, 4) is 0 Å². The van der Waals surface area contributed by atoms with Gasteiger partial charge in [0.1, 0.15) is 6.54 Å². The molecule has 6 N–H and O–H groups in total. The molecule has 0 spiro atoms. The molecule has 2 amide bonds. The van der Waals surface area contributed by atoms with Gasteiger partial charge in [0.2, 0.25) is 11.6 Å². The van der Waals surface area contributed by atoms with E-state index in [1.165, 1.54) is 36.4 Å². The molecule has 5 rings (SSSR count). The number of hydrogen-bond donors (Lipinski definition) is 6. The van der Waals surface area contributed by atoms with Crippen LogP contribution in [-0.4, -0.2) is 163 Å². The molecule has 2 aliphatic rings. The fraction of sp³-hybridized carbons (Fsp3) is 0.356.